The number of rotatable bonds is 5. The summed E-state index contributed by atoms with van der Waals surface area (Å²) in [4.78, 5) is 11.2. The molecular weight excluding hydrogens is 230 g/mol. The number of carboxylic acids is 1. The van der Waals surface area contributed by atoms with E-state index in [0.717, 1.165) is 16.7 Å². The third kappa shape index (κ3) is 2.82. The lowest BCUT2D eigenvalue weighted by molar-refractivity contribution is -0.142. The van der Waals surface area contributed by atoms with Gasteiger partial charge in [0.2, 0.25) is 0 Å². The highest BCUT2D eigenvalue weighted by atomic mass is 16.5. The molecule has 2 atom stereocenters. The third-order valence-corrected chi connectivity index (χ3v) is 3.40. The fraction of sp³-hybridized carbons (Fsp3) is 0.500. The number of carbonyl (C=O) groups is 1. The van der Waals surface area contributed by atoms with E-state index in [1.165, 1.54) is 0 Å². The van der Waals surface area contributed by atoms with Crippen LogP contribution in [0.15, 0.2) is 12.1 Å². The zero-order chi connectivity index (χ0) is 13.9. The van der Waals surface area contributed by atoms with Gasteiger partial charge in [-0.1, -0.05) is 13.0 Å². The fourth-order valence-electron chi connectivity index (χ4n) is 2.05. The Morgan fingerprint density at radius 1 is 1.39 bits per heavy atom. The number of aryl methyl sites for hydroxylation is 2. The van der Waals surface area contributed by atoms with Crippen LogP contribution in [0.1, 0.15) is 36.1 Å². The Morgan fingerprint density at radius 2 is 1.94 bits per heavy atom. The average molecular weight is 251 g/mol. The second-order valence-corrected chi connectivity index (χ2v) is 4.56. The molecule has 1 aromatic carbocycles. The molecule has 1 rings (SSSR count). The van der Waals surface area contributed by atoms with Crippen LogP contribution in [-0.2, 0) is 4.79 Å². The SMILES string of the molecule is CCC(C(=O)O)C(N)c1cc(C)c(C)cc1OC. The number of ether oxygens (including phenoxy) is 1. The highest BCUT2D eigenvalue weighted by molar-refractivity contribution is 5.71. The Balaban J connectivity index is 3.22. The predicted octanol–water partition coefficient (Wildman–Crippen LogP) is 2.42. The molecule has 4 heteroatoms. The summed E-state index contributed by atoms with van der Waals surface area (Å²) >= 11 is 0. The van der Waals surface area contributed by atoms with Gasteiger partial charge in [-0.2, -0.15) is 0 Å². The van der Waals surface area contributed by atoms with Gasteiger partial charge in [-0.05, 0) is 37.5 Å². The van der Waals surface area contributed by atoms with Crippen LogP contribution in [0.4, 0.5) is 0 Å². The van der Waals surface area contributed by atoms with Gasteiger partial charge in [0, 0.05) is 11.6 Å². The normalized spacial score (nSPS) is 14.1. The molecule has 0 bridgehead atoms. The van der Waals surface area contributed by atoms with Crippen LogP contribution in [-0.4, -0.2) is 18.2 Å². The first kappa shape index (κ1) is 14.5. The number of hydrogen-bond donors (Lipinski definition) is 2. The average Bonchev–Trinajstić information content (AvgIpc) is 2.32. The molecule has 100 valence electrons. The van der Waals surface area contributed by atoms with Gasteiger partial charge in [0.1, 0.15) is 5.75 Å². The monoisotopic (exact) mass is 251 g/mol. The summed E-state index contributed by atoms with van der Waals surface area (Å²) in [5.74, 6) is -0.809. The molecule has 0 fully saturated rings. The van der Waals surface area contributed by atoms with Crippen molar-refractivity contribution in [1.29, 1.82) is 0 Å². The number of benzene rings is 1. The third-order valence-electron chi connectivity index (χ3n) is 3.40. The first-order chi connectivity index (χ1) is 8.42. The Hall–Kier alpha value is -1.55. The van der Waals surface area contributed by atoms with E-state index in [4.69, 9.17) is 10.5 Å². The van der Waals surface area contributed by atoms with E-state index in [1.807, 2.05) is 32.9 Å². The number of nitrogens with two attached hydrogens (primary N) is 1. The molecule has 0 spiro atoms. The smallest absolute Gasteiger partial charge is 0.308 e. The van der Waals surface area contributed by atoms with Crippen molar-refractivity contribution in [3.05, 3.63) is 28.8 Å². The second-order valence-electron chi connectivity index (χ2n) is 4.56. The van der Waals surface area contributed by atoms with Crippen LogP contribution in [0, 0.1) is 19.8 Å². The van der Waals surface area contributed by atoms with Crippen LogP contribution in [0.2, 0.25) is 0 Å². The Bertz CT molecular complexity index is 443. The summed E-state index contributed by atoms with van der Waals surface area (Å²) in [7, 11) is 1.57. The largest absolute Gasteiger partial charge is 0.496 e. The Kier molecular flexibility index (Phi) is 4.73. The van der Waals surface area contributed by atoms with Gasteiger partial charge in [-0.25, -0.2) is 0 Å². The molecule has 0 radical (unpaired) electrons. The molecule has 4 nitrogen and oxygen atoms in total. The van der Waals surface area contributed by atoms with Crippen LogP contribution in [0.5, 0.6) is 5.75 Å². The van der Waals surface area contributed by atoms with Gasteiger partial charge < -0.3 is 15.6 Å². The number of aliphatic carboxylic acids is 1. The summed E-state index contributed by atoms with van der Waals surface area (Å²) in [6.45, 7) is 5.79. The first-order valence-electron chi connectivity index (χ1n) is 6.05. The van der Waals surface area contributed by atoms with Crippen molar-refractivity contribution in [3.63, 3.8) is 0 Å². The van der Waals surface area contributed by atoms with Crippen molar-refractivity contribution in [2.45, 2.75) is 33.2 Å². The van der Waals surface area contributed by atoms with Crippen LogP contribution < -0.4 is 10.5 Å². The van der Waals surface area contributed by atoms with Crippen molar-refractivity contribution in [1.82, 2.24) is 0 Å². The van der Waals surface area contributed by atoms with Gasteiger partial charge in [0.15, 0.2) is 0 Å². The molecule has 0 saturated heterocycles. The maximum Gasteiger partial charge on any atom is 0.308 e. The molecular formula is C14H21NO3. The number of carboxylic acid groups (broad SMARTS) is 1. The lowest BCUT2D eigenvalue weighted by atomic mass is 9.89. The highest BCUT2D eigenvalue weighted by Crippen LogP contribution is 2.32. The maximum absolute atomic E-state index is 11.2. The van der Waals surface area contributed by atoms with Crippen molar-refractivity contribution < 1.29 is 14.6 Å². The summed E-state index contributed by atoms with van der Waals surface area (Å²) in [5.41, 5.74) is 9.03. The van der Waals surface area contributed by atoms with E-state index < -0.39 is 17.9 Å². The minimum Gasteiger partial charge on any atom is -0.496 e. The van der Waals surface area contributed by atoms with Gasteiger partial charge in [0.25, 0.3) is 0 Å². The molecule has 1 aromatic rings. The van der Waals surface area contributed by atoms with Crippen LogP contribution in [0.3, 0.4) is 0 Å². The van der Waals surface area contributed by atoms with Gasteiger partial charge in [-0.15, -0.1) is 0 Å². The van der Waals surface area contributed by atoms with Crippen LogP contribution >= 0.6 is 0 Å². The highest BCUT2D eigenvalue weighted by Gasteiger charge is 2.27. The van der Waals surface area contributed by atoms with Crippen molar-refractivity contribution in [2.75, 3.05) is 7.11 Å². The lowest BCUT2D eigenvalue weighted by Gasteiger charge is -2.22. The van der Waals surface area contributed by atoms with Crippen molar-refractivity contribution >= 4 is 5.97 Å². The van der Waals surface area contributed by atoms with Crippen molar-refractivity contribution in [2.24, 2.45) is 11.7 Å². The number of hydrogen-bond acceptors (Lipinski definition) is 3. The molecule has 2 unspecified atom stereocenters. The summed E-state index contributed by atoms with van der Waals surface area (Å²) in [6.07, 6.45) is 0.493. The van der Waals surface area contributed by atoms with E-state index in [9.17, 15) is 9.90 Å². The topological polar surface area (TPSA) is 72.5 Å². The fourth-order valence-corrected chi connectivity index (χ4v) is 2.05. The lowest BCUT2D eigenvalue weighted by Crippen LogP contribution is -2.28. The van der Waals surface area contributed by atoms with E-state index in [2.05, 4.69) is 0 Å². The summed E-state index contributed by atoms with van der Waals surface area (Å²) in [6, 6.07) is 3.27. The molecule has 0 amide bonds. The van der Waals surface area contributed by atoms with E-state index in [1.54, 1.807) is 7.11 Å². The second kappa shape index (κ2) is 5.87. The van der Waals surface area contributed by atoms with Gasteiger partial charge >= 0.3 is 5.97 Å². The van der Waals surface area contributed by atoms with Gasteiger partial charge in [-0.3, -0.25) is 4.79 Å². The Morgan fingerprint density at radius 3 is 2.39 bits per heavy atom. The Labute approximate surface area is 108 Å². The molecule has 3 N–H and O–H groups in total. The molecule has 18 heavy (non-hydrogen) atoms. The minimum atomic E-state index is -0.870. The zero-order valence-electron chi connectivity index (χ0n) is 11.4. The maximum atomic E-state index is 11.2. The summed E-state index contributed by atoms with van der Waals surface area (Å²) < 4.78 is 5.30. The van der Waals surface area contributed by atoms with Crippen molar-refractivity contribution in [3.8, 4) is 5.75 Å². The van der Waals surface area contributed by atoms with Gasteiger partial charge in [0.05, 0.1) is 13.0 Å². The molecule has 0 aliphatic rings. The molecule has 0 aliphatic heterocycles. The van der Waals surface area contributed by atoms with E-state index >= 15 is 0 Å². The van der Waals surface area contributed by atoms with E-state index in [0.29, 0.717) is 12.2 Å². The predicted molar refractivity (Wildman–Crippen MR) is 70.8 cm³/mol. The first-order valence-corrected chi connectivity index (χ1v) is 6.05. The van der Waals surface area contributed by atoms with E-state index in [-0.39, 0.29) is 0 Å². The molecule has 0 aliphatic carbocycles. The molecule has 0 saturated carbocycles. The quantitative estimate of drug-likeness (QED) is 0.843. The molecule has 0 aromatic heterocycles. The summed E-state index contributed by atoms with van der Waals surface area (Å²) in [5, 5.41) is 9.17. The molecule has 0 heterocycles. The van der Waals surface area contributed by atoms with Crippen LogP contribution in [0.25, 0.3) is 0 Å². The zero-order valence-corrected chi connectivity index (χ0v) is 11.4. The number of methoxy groups -OCH3 is 1. The minimum absolute atomic E-state index is 0.493. The standard InChI is InChI=1S/C14H21NO3/c1-5-10(14(16)17)13(15)11-6-8(2)9(3)7-12(11)18-4/h6-7,10,13H,5,15H2,1-4H3,(H,16,17).